The van der Waals surface area contributed by atoms with Crippen LogP contribution in [-0.4, -0.2) is 47.5 Å². The largest absolute Gasteiger partial charge is 0.328 e. The van der Waals surface area contributed by atoms with E-state index in [2.05, 4.69) is 12.1 Å². The minimum atomic E-state index is -2.41. The summed E-state index contributed by atoms with van der Waals surface area (Å²) in [4.78, 5) is 30.7. The normalized spacial score (nSPS) is 14.5. The molecule has 0 saturated carbocycles. The quantitative estimate of drug-likeness (QED) is 0.166. The van der Waals surface area contributed by atoms with E-state index in [9.17, 15) is 4.91 Å². The molecule has 148 valence electrons. The summed E-state index contributed by atoms with van der Waals surface area (Å²) in [5.74, 6) is 0. The van der Waals surface area contributed by atoms with E-state index < -0.39 is 14.6 Å². The molecule has 0 saturated heterocycles. The number of hydrogen-bond donors (Lipinski definition) is 2. The van der Waals surface area contributed by atoms with Crippen LogP contribution in [0.3, 0.4) is 0 Å². The molecule has 0 amide bonds. The van der Waals surface area contributed by atoms with Crippen molar-refractivity contribution in [3.63, 3.8) is 0 Å². The summed E-state index contributed by atoms with van der Waals surface area (Å²) in [6, 6.07) is -0.857. The molecule has 0 fully saturated rings. The molecule has 2 N–H and O–H groups in total. The van der Waals surface area contributed by atoms with Crippen LogP contribution in [0.4, 0.5) is 0 Å². The Labute approximate surface area is 154 Å². The highest BCUT2D eigenvalue weighted by Gasteiger charge is 2.23. The van der Waals surface area contributed by atoms with Gasteiger partial charge in [-0.1, -0.05) is 75.6 Å². The second-order valence-electron chi connectivity index (χ2n) is 6.72. The van der Waals surface area contributed by atoms with Crippen LogP contribution in [0.15, 0.2) is 17.3 Å². The lowest BCUT2D eigenvalue weighted by Crippen LogP contribution is -2.40. The van der Waals surface area contributed by atoms with Gasteiger partial charge in [0.2, 0.25) is 0 Å². The Hall–Kier alpha value is -0.390. The van der Waals surface area contributed by atoms with E-state index in [1.54, 1.807) is 0 Å². The molecular formula is C18H37N2O4P. The molecule has 2 atom stereocenters. The Morgan fingerprint density at radius 2 is 1.60 bits per heavy atom. The zero-order valence-corrected chi connectivity index (χ0v) is 17.0. The third-order valence-corrected chi connectivity index (χ3v) is 4.73. The summed E-state index contributed by atoms with van der Waals surface area (Å²) >= 11 is 0. The van der Waals surface area contributed by atoms with Crippen molar-refractivity contribution >= 4 is 8.60 Å². The summed E-state index contributed by atoms with van der Waals surface area (Å²) in [5.41, 5.74) is 0. The van der Waals surface area contributed by atoms with E-state index in [4.69, 9.17) is 14.3 Å². The van der Waals surface area contributed by atoms with Crippen LogP contribution in [0.2, 0.25) is 0 Å². The van der Waals surface area contributed by atoms with E-state index in [0.717, 1.165) is 12.8 Å². The number of nitroso groups, excluding NO2 is 1. The van der Waals surface area contributed by atoms with Crippen molar-refractivity contribution in [1.29, 1.82) is 0 Å². The average molecular weight is 376 g/mol. The van der Waals surface area contributed by atoms with Crippen molar-refractivity contribution in [2.45, 2.75) is 83.2 Å². The molecule has 0 aromatic heterocycles. The van der Waals surface area contributed by atoms with Crippen molar-refractivity contribution in [2.24, 2.45) is 5.18 Å². The SMILES string of the molecule is CCCCCCCCCCC/C=C/[C@@H](N=O)[C@H](COP(O)O)N(C)C. The highest BCUT2D eigenvalue weighted by Crippen LogP contribution is 2.25. The molecule has 25 heavy (non-hydrogen) atoms. The molecule has 0 aromatic carbocycles. The average Bonchev–Trinajstić information content (AvgIpc) is 2.57. The fourth-order valence-corrected chi connectivity index (χ4v) is 3.02. The molecule has 0 aliphatic rings. The third kappa shape index (κ3) is 14.5. The van der Waals surface area contributed by atoms with Crippen molar-refractivity contribution < 1.29 is 14.3 Å². The number of rotatable bonds is 17. The number of allylic oxidation sites excluding steroid dienone is 1. The number of likely N-dealkylation sites (N-methyl/N-ethyl adjacent to an activating group) is 1. The second-order valence-corrected chi connectivity index (χ2v) is 7.48. The maximum absolute atomic E-state index is 11.1. The molecule has 0 spiro atoms. The van der Waals surface area contributed by atoms with Gasteiger partial charge >= 0.3 is 8.60 Å². The zero-order valence-electron chi connectivity index (χ0n) is 16.1. The van der Waals surface area contributed by atoms with Gasteiger partial charge in [-0.2, -0.15) is 4.91 Å². The second kappa shape index (κ2) is 17.0. The van der Waals surface area contributed by atoms with Gasteiger partial charge in [0.05, 0.1) is 12.6 Å². The van der Waals surface area contributed by atoms with Crippen molar-refractivity contribution in [1.82, 2.24) is 4.90 Å². The Morgan fingerprint density at radius 3 is 2.08 bits per heavy atom. The Morgan fingerprint density at radius 1 is 1.04 bits per heavy atom. The summed E-state index contributed by atoms with van der Waals surface area (Å²) in [5, 5.41) is 3.16. The first kappa shape index (κ1) is 24.6. The highest BCUT2D eigenvalue weighted by molar-refractivity contribution is 7.39. The minimum Gasteiger partial charge on any atom is -0.328 e. The first-order valence-electron chi connectivity index (χ1n) is 9.49. The van der Waals surface area contributed by atoms with Crippen molar-refractivity contribution in [3.8, 4) is 0 Å². The Balaban J connectivity index is 3.92. The smallest absolute Gasteiger partial charge is 0.327 e. The van der Waals surface area contributed by atoms with E-state index in [0.29, 0.717) is 0 Å². The topological polar surface area (TPSA) is 82.4 Å². The summed E-state index contributed by atoms with van der Waals surface area (Å²) < 4.78 is 4.86. The molecule has 0 aromatic rings. The molecule has 0 rings (SSSR count). The summed E-state index contributed by atoms with van der Waals surface area (Å²) in [6.45, 7) is 2.30. The van der Waals surface area contributed by atoms with Crippen LogP contribution in [0.25, 0.3) is 0 Å². The maximum atomic E-state index is 11.1. The first-order chi connectivity index (χ1) is 12.0. The van der Waals surface area contributed by atoms with Crippen LogP contribution < -0.4 is 0 Å². The van der Waals surface area contributed by atoms with Gasteiger partial charge in [-0.3, -0.25) is 0 Å². The number of hydrogen-bond acceptors (Lipinski definition) is 6. The van der Waals surface area contributed by atoms with Crippen LogP contribution in [0, 0.1) is 4.91 Å². The van der Waals surface area contributed by atoms with Gasteiger partial charge in [-0.15, -0.1) is 0 Å². The predicted molar refractivity (Wildman–Crippen MR) is 105 cm³/mol. The van der Waals surface area contributed by atoms with E-state index in [-0.39, 0.29) is 12.6 Å². The zero-order chi connectivity index (χ0) is 18.9. The van der Waals surface area contributed by atoms with Gasteiger partial charge in [0, 0.05) is 0 Å². The van der Waals surface area contributed by atoms with Gasteiger partial charge in [0.15, 0.2) is 0 Å². The standard InChI is InChI=1S/C18H37N2O4P/c1-4-5-6-7-8-9-10-11-12-13-14-15-17(19-21)18(20(2)3)16-24-25(22)23/h14-15,17-18,22-23H,4-13,16H2,1-3H3/b15-14+/t17-,18+/m1/s1. The molecule has 0 heterocycles. The summed E-state index contributed by atoms with van der Waals surface area (Å²) in [6.07, 6.45) is 16.4. The molecule has 0 bridgehead atoms. The van der Waals surface area contributed by atoms with Gasteiger partial charge in [0.1, 0.15) is 6.04 Å². The summed E-state index contributed by atoms with van der Waals surface area (Å²) in [7, 11) is 1.22. The molecule has 6 nitrogen and oxygen atoms in total. The number of unbranched alkanes of at least 4 members (excludes halogenated alkanes) is 9. The molecule has 7 heteroatoms. The lowest BCUT2D eigenvalue weighted by atomic mass is 10.1. The van der Waals surface area contributed by atoms with E-state index in [1.165, 1.54) is 51.4 Å². The first-order valence-corrected chi connectivity index (χ1v) is 10.7. The van der Waals surface area contributed by atoms with Gasteiger partial charge in [0.25, 0.3) is 0 Å². The molecule has 0 radical (unpaired) electrons. The van der Waals surface area contributed by atoms with Crippen LogP contribution in [0.5, 0.6) is 0 Å². The lowest BCUT2D eigenvalue weighted by molar-refractivity contribution is 0.158. The van der Waals surface area contributed by atoms with Crippen LogP contribution in [0.1, 0.15) is 71.1 Å². The lowest BCUT2D eigenvalue weighted by Gasteiger charge is -2.26. The van der Waals surface area contributed by atoms with E-state index in [1.807, 2.05) is 31.1 Å². The van der Waals surface area contributed by atoms with Gasteiger partial charge in [-0.25, -0.2) is 0 Å². The molecular weight excluding hydrogens is 339 g/mol. The van der Waals surface area contributed by atoms with E-state index >= 15 is 0 Å². The van der Waals surface area contributed by atoms with Gasteiger partial charge < -0.3 is 19.2 Å². The minimum absolute atomic E-state index is 0.0600. The third-order valence-electron chi connectivity index (χ3n) is 4.35. The molecule has 0 unspecified atom stereocenters. The fraction of sp³-hybridized carbons (Fsp3) is 0.889. The van der Waals surface area contributed by atoms with Crippen LogP contribution >= 0.6 is 8.60 Å². The highest BCUT2D eigenvalue weighted by atomic mass is 31.2. The molecule has 0 aliphatic heterocycles. The van der Waals surface area contributed by atoms with Gasteiger partial charge in [-0.05, 0) is 26.9 Å². The Bertz CT molecular complexity index is 341. The Kier molecular flexibility index (Phi) is 16.8. The molecule has 0 aliphatic carbocycles. The van der Waals surface area contributed by atoms with Crippen LogP contribution in [-0.2, 0) is 4.52 Å². The fourth-order valence-electron chi connectivity index (χ4n) is 2.74. The van der Waals surface area contributed by atoms with Crippen molar-refractivity contribution in [3.05, 3.63) is 17.1 Å². The number of nitrogens with zero attached hydrogens (tertiary/aromatic N) is 2. The maximum Gasteiger partial charge on any atom is 0.327 e. The monoisotopic (exact) mass is 376 g/mol. The predicted octanol–water partition coefficient (Wildman–Crippen LogP) is 4.76. The van der Waals surface area contributed by atoms with Crippen molar-refractivity contribution in [2.75, 3.05) is 20.7 Å².